The van der Waals surface area contributed by atoms with Gasteiger partial charge in [-0.2, -0.15) is 0 Å². The van der Waals surface area contributed by atoms with Crippen molar-refractivity contribution in [2.24, 2.45) is 0 Å². The molecule has 4 aromatic carbocycles. The highest BCUT2D eigenvalue weighted by Crippen LogP contribution is 2.36. The van der Waals surface area contributed by atoms with E-state index >= 15 is 0 Å². The third-order valence-electron chi connectivity index (χ3n) is 7.63. The van der Waals surface area contributed by atoms with Crippen LogP contribution in [-0.2, 0) is 27.3 Å². The lowest BCUT2D eigenvalue weighted by atomic mass is 10.0. The van der Waals surface area contributed by atoms with E-state index in [1.807, 2.05) is 55.5 Å². The van der Waals surface area contributed by atoms with Crippen LogP contribution in [0.2, 0.25) is 0 Å². The van der Waals surface area contributed by atoms with Crippen LogP contribution in [0.5, 0.6) is 0 Å². The first-order chi connectivity index (χ1) is 19.9. The van der Waals surface area contributed by atoms with Gasteiger partial charge < -0.3 is 10.1 Å². The molecule has 1 fully saturated rings. The van der Waals surface area contributed by atoms with Gasteiger partial charge in [0.2, 0.25) is 5.91 Å². The van der Waals surface area contributed by atoms with Gasteiger partial charge in [-0.3, -0.25) is 14.4 Å². The van der Waals surface area contributed by atoms with E-state index in [0.29, 0.717) is 17.8 Å². The molecule has 1 N–H and O–H groups in total. The van der Waals surface area contributed by atoms with Crippen LogP contribution in [0.1, 0.15) is 49.4 Å². The quantitative estimate of drug-likeness (QED) is 0.167. The van der Waals surface area contributed by atoms with Crippen molar-refractivity contribution < 1.29 is 23.9 Å². The van der Waals surface area contributed by atoms with Gasteiger partial charge in [-0.1, -0.05) is 66.2 Å². The molecule has 6 rings (SSSR count). The maximum absolute atomic E-state index is 13.0. The number of ether oxygens (including phenoxy) is 1. The standard InChI is InChI=1S/C34H28N2O5/c1-21-6-8-22(9-7-21)19-35-30-18-32(38)36(33(30)39)27-13-10-23(11-14-27)34(40)41-20-31(37)25-12-15-29-26(17-25)16-24-4-2-3-5-28(24)29/h2-15,17,30,35H,16,18-20H2,1H3. The number of hydrogen-bond acceptors (Lipinski definition) is 6. The van der Waals surface area contributed by atoms with Gasteiger partial charge >= 0.3 is 5.97 Å². The zero-order valence-corrected chi connectivity index (χ0v) is 22.6. The van der Waals surface area contributed by atoms with Gasteiger partial charge in [0, 0.05) is 12.1 Å². The number of aryl methyl sites for hydroxylation is 1. The van der Waals surface area contributed by atoms with E-state index in [1.54, 1.807) is 6.07 Å². The number of benzene rings is 4. The fourth-order valence-electron chi connectivity index (χ4n) is 5.37. The highest BCUT2D eigenvalue weighted by atomic mass is 16.5. The number of nitrogens with one attached hydrogen (secondary N) is 1. The van der Waals surface area contributed by atoms with Crippen LogP contribution in [0.3, 0.4) is 0 Å². The summed E-state index contributed by atoms with van der Waals surface area (Å²) in [6, 6.07) is 27.1. The lowest BCUT2D eigenvalue weighted by Crippen LogP contribution is -2.38. The number of carbonyl (C=O) groups excluding carboxylic acids is 4. The van der Waals surface area contributed by atoms with E-state index in [1.165, 1.54) is 35.4 Å². The van der Waals surface area contributed by atoms with Crippen molar-refractivity contribution in [2.75, 3.05) is 11.5 Å². The number of anilines is 1. The Labute approximate surface area is 237 Å². The van der Waals surface area contributed by atoms with Gasteiger partial charge in [-0.15, -0.1) is 0 Å². The predicted octanol–water partition coefficient (Wildman–Crippen LogP) is 5.03. The molecule has 204 valence electrons. The number of ketones is 1. The summed E-state index contributed by atoms with van der Waals surface area (Å²) in [7, 11) is 0. The fourth-order valence-corrected chi connectivity index (χ4v) is 5.37. The largest absolute Gasteiger partial charge is 0.454 e. The molecule has 0 spiro atoms. The summed E-state index contributed by atoms with van der Waals surface area (Å²) in [6.45, 7) is 2.09. The van der Waals surface area contributed by atoms with Gasteiger partial charge in [-0.25, -0.2) is 9.69 Å². The number of esters is 1. The molecule has 2 amide bonds. The van der Waals surface area contributed by atoms with E-state index in [2.05, 4.69) is 17.4 Å². The lowest BCUT2D eigenvalue weighted by molar-refractivity contribution is -0.121. The average Bonchev–Trinajstić information content (AvgIpc) is 3.50. The van der Waals surface area contributed by atoms with Crippen molar-refractivity contribution in [3.05, 3.63) is 124 Å². The van der Waals surface area contributed by atoms with E-state index < -0.39 is 12.0 Å². The second-order valence-corrected chi connectivity index (χ2v) is 10.4. The Balaban J connectivity index is 1.04. The first-order valence-electron chi connectivity index (χ1n) is 13.5. The summed E-state index contributed by atoms with van der Waals surface area (Å²) >= 11 is 0. The molecule has 7 heteroatoms. The van der Waals surface area contributed by atoms with Crippen LogP contribution in [0.4, 0.5) is 5.69 Å². The van der Waals surface area contributed by atoms with Gasteiger partial charge in [-0.05, 0) is 71.5 Å². The second kappa shape index (κ2) is 10.9. The van der Waals surface area contributed by atoms with Gasteiger partial charge in [0.05, 0.1) is 23.7 Å². The molecule has 1 saturated heterocycles. The first-order valence-corrected chi connectivity index (χ1v) is 13.5. The molecule has 0 saturated carbocycles. The van der Waals surface area contributed by atoms with Gasteiger partial charge in [0.25, 0.3) is 5.91 Å². The van der Waals surface area contributed by atoms with Crippen molar-refractivity contribution >= 4 is 29.3 Å². The van der Waals surface area contributed by atoms with E-state index in [9.17, 15) is 19.2 Å². The number of amides is 2. The number of nitrogens with zero attached hydrogens (tertiary/aromatic N) is 1. The highest BCUT2D eigenvalue weighted by molar-refractivity contribution is 6.22. The van der Waals surface area contributed by atoms with Crippen LogP contribution in [0, 0.1) is 6.92 Å². The van der Waals surface area contributed by atoms with E-state index in [0.717, 1.165) is 33.6 Å². The van der Waals surface area contributed by atoms with Crippen LogP contribution < -0.4 is 10.2 Å². The molecule has 1 heterocycles. The Morgan fingerprint density at radius 1 is 0.854 bits per heavy atom. The Bertz CT molecular complexity index is 1670. The average molecular weight is 545 g/mol. The molecule has 1 aliphatic heterocycles. The molecule has 1 atom stereocenters. The summed E-state index contributed by atoms with van der Waals surface area (Å²) in [4.78, 5) is 52.2. The summed E-state index contributed by atoms with van der Waals surface area (Å²) in [5, 5.41) is 3.17. The molecule has 7 nitrogen and oxygen atoms in total. The second-order valence-electron chi connectivity index (χ2n) is 10.4. The number of rotatable bonds is 8. The summed E-state index contributed by atoms with van der Waals surface area (Å²) in [6.07, 6.45) is 0.829. The summed E-state index contributed by atoms with van der Waals surface area (Å²) in [5.41, 5.74) is 7.89. The molecular formula is C34H28N2O5. The van der Waals surface area contributed by atoms with Crippen LogP contribution in [0.25, 0.3) is 11.1 Å². The highest BCUT2D eigenvalue weighted by Gasteiger charge is 2.39. The van der Waals surface area contributed by atoms with Gasteiger partial charge in [0.15, 0.2) is 12.4 Å². The fraction of sp³-hybridized carbons (Fsp3) is 0.176. The minimum absolute atomic E-state index is 0.0609. The van der Waals surface area contributed by atoms with Crippen LogP contribution >= 0.6 is 0 Å². The molecule has 0 radical (unpaired) electrons. The molecule has 0 bridgehead atoms. The van der Waals surface area contributed by atoms with Crippen molar-refractivity contribution in [1.29, 1.82) is 0 Å². The smallest absolute Gasteiger partial charge is 0.338 e. The molecule has 41 heavy (non-hydrogen) atoms. The number of Topliss-reactive ketones (excluding diaryl/α,β-unsaturated/α-hetero) is 1. The van der Waals surface area contributed by atoms with Crippen molar-refractivity contribution in [1.82, 2.24) is 5.32 Å². The number of carbonyl (C=O) groups is 4. The van der Waals surface area contributed by atoms with Crippen LogP contribution in [0.15, 0.2) is 91.0 Å². The Morgan fingerprint density at radius 3 is 2.34 bits per heavy atom. The third kappa shape index (κ3) is 5.32. The third-order valence-corrected chi connectivity index (χ3v) is 7.63. The predicted molar refractivity (Wildman–Crippen MR) is 155 cm³/mol. The van der Waals surface area contributed by atoms with Crippen molar-refractivity contribution in [2.45, 2.75) is 32.4 Å². The normalized spacial score (nSPS) is 15.5. The maximum atomic E-state index is 13.0. The SMILES string of the molecule is Cc1ccc(CNC2CC(=O)N(c3ccc(C(=O)OCC(=O)c4ccc5c(c4)Cc4ccccc4-5)cc3)C2=O)cc1. The Hall–Kier alpha value is -4.88. The zero-order chi connectivity index (χ0) is 28.5. The maximum Gasteiger partial charge on any atom is 0.338 e. The van der Waals surface area contributed by atoms with E-state index in [-0.39, 0.29) is 36.2 Å². The summed E-state index contributed by atoms with van der Waals surface area (Å²) < 4.78 is 5.29. The van der Waals surface area contributed by atoms with Crippen molar-refractivity contribution in [3.8, 4) is 11.1 Å². The monoisotopic (exact) mass is 544 g/mol. The molecule has 0 aromatic heterocycles. The first kappa shape index (κ1) is 26.3. The lowest BCUT2D eigenvalue weighted by Gasteiger charge is -2.16. The Kier molecular flexibility index (Phi) is 7.03. The van der Waals surface area contributed by atoms with Crippen molar-refractivity contribution in [3.63, 3.8) is 0 Å². The molecular weight excluding hydrogens is 516 g/mol. The molecule has 2 aliphatic rings. The van der Waals surface area contributed by atoms with Gasteiger partial charge in [0.1, 0.15) is 0 Å². The molecule has 4 aromatic rings. The topological polar surface area (TPSA) is 92.8 Å². The van der Waals surface area contributed by atoms with E-state index in [4.69, 9.17) is 4.74 Å². The number of hydrogen-bond donors (Lipinski definition) is 1. The molecule has 1 unspecified atom stereocenters. The number of fused-ring (bicyclic) bond motifs is 3. The molecule has 1 aliphatic carbocycles. The summed E-state index contributed by atoms with van der Waals surface area (Å²) in [5.74, 6) is -1.59. The minimum Gasteiger partial charge on any atom is -0.454 e. The zero-order valence-electron chi connectivity index (χ0n) is 22.6. The van der Waals surface area contributed by atoms with Crippen LogP contribution in [-0.4, -0.2) is 36.2 Å². The minimum atomic E-state index is -0.657. The number of imide groups is 1. The Morgan fingerprint density at radius 2 is 1.56 bits per heavy atom.